The Hall–Kier alpha value is -1.86. The molecule has 0 heterocycles. The van der Waals surface area contributed by atoms with Crippen LogP contribution >= 0.6 is 11.8 Å². The van der Waals surface area contributed by atoms with Gasteiger partial charge >= 0.3 is 0 Å². The lowest BCUT2D eigenvalue weighted by atomic mass is 10.1. The largest absolute Gasteiger partial charge is 0.293 e. The van der Waals surface area contributed by atoms with Gasteiger partial charge in [-0.05, 0) is 18.1 Å². The predicted octanol–water partition coefficient (Wildman–Crippen LogP) is 3.47. The molecule has 0 aromatic heterocycles. The number of ketones is 1. The van der Waals surface area contributed by atoms with E-state index in [2.05, 4.69) is 0 Å². The summed E-state index contributed by atoms with van der Waals surface area (Å²) in [6.45, 7) is 1.55. The van der Waals surface area contributed by atoms with Crippen LogP contribution in [0.15, 0.2) is 30.3 Å². The van der Waals surface area contributed by atoms with Crippen LogP contribution in [0.1, 0.15) is 35.7 Å². The van der Waals surface area contributed by atoms with Gasteiger partial charge in [-0.15, -0.1) is 0 Å². The van der Waals surface area contributed by atoms with Crippen molar-refractivity contribution in [3.63, 3.8) is 0 Å². The third-order valence-electron chi connectivity index (χ3n) is 2.35. The molecular formula is C15H15NO2S. The summed E-state index contributed by atoms with van der Waals surface area (Å²) >= 11 is 1.30. The first kappa shape index (κ1) is 15.2. The third-order valence-corrected chi connectivity index (χ3v) is 3.19. The van der Waals surface area contributed by atoms with Gasteiger partial charge in [-0.2, -0.15) is 5.26 Å². The number of allylic oxidation sites excluding steroid dienone is 1. The van der Waals surface area contributed by atoms with Gasteiger partial charge < -0.3 is 0 Å². The van der Waals surface area contributed by atoms with Gasteiger partial charge in [0, 0.05) is 18.2 Å². The minimum absolute atomic E-state index is 0.0948. The maximum Gasteiger partial charge on any atom is 0.185 e. The van der Waals surface area contributed by atoms with Gasteiger partial charge in [0.1, 0.15) is 0 Å². The lowest BCUT2D eigenvalue weighted by molar-refractivity contribution is -0.109. The lowest BCUT2D eigenvalue weighted by Gasteiger charge is -1.99. The van der Waals surface area contributed by atoms with Crippen molar-refractivity contribution in [3.05, 3.63) is 41.5 Å². The first-order valence-electron chi connectivity index (χ1n) is 5.93. The van der Waals surface area contributed by atoms with E-state index in [4.69, 9.17) is 5.26 Å². The number of rotatable bonds is 6. The average Bonchev–Trinajstić information content (AvgIpc) is 2.38. The molecule has 0 aliphatic rings. The Morgan fingerprint density at radius 2 is 2.21 bits per heavy atom. The number of thioether (sulfide) groups is 1. The molecule has 0 aliphatic heterocycles. The first-order chi connectivity index (χ1) is 9.13. The summed E-state index contributed by atoms with van der Waals surface area (Å²) in [6.07, 6.45) is 4.61. The molecule has 0 unspecified atom stereocenters. The van der Waals surface area contributed by atoms with E-state index in [1.165, 1.54) is 11.8 Å². The van der Waals surface area contributed by atoms with E-state index < -0.39 is 0 Å². The fourth-order valence-corrected chi connectivity index (χ4v) is 2.02. The van der Waals surface area contributed by atoms with Gasteiger partial charge in [-0.1, -0.05) is 42.1 Å². The number of carbonyl (C=O) groups excluding carboxylic acids is 2. The summed E-state index contributed by atoms with van der Waals surface area (Å²) in [5.41, 5.74) is 1.48. The van der Waals surface area contributed by atoms with Crippen LogP contribution in [-0.4, -0.2) is 16.7 Å². The molecule has 0 fully saturated rings. The molecular weight excluding hydrogens is 258 g/mol. The number of nitriles is 1. The molecule has 1 aromatic rings. The fourth-order valence-electron chi connectivity index (χ4n) is 1.48. The first-order valence-corrected chi connectivity index (χ1v) is 6.92. The van der Waals surface area contributed by atoms with Crippen LogP contribution < -0.4 is 0 Å². The summed E-state index contributed by atoms with van der Waals surface area (Å²) in [5.74, 6) is 0.601. The third kappa shape index (κ3) is 6.03. The van der Waals surface area contributed by atoms with Crippen LogP contribution in [0.5, 0.6) is 0 Å². The molecule has 1 rings (SSSR count). The van der Waals surface area contributed by atoms with Gasteiger partial charge in [-0.3, -0.25) is 9.59 Å². The second-order valence-corrected chi connectivity index (χ2v) is 5.19. The highest BCUT2D eigenvalue weighted by Crippen LogP contribution is 2.11. The Balaban J connectivity index is 2.57. The van der Waals surface area contributed by atoms with Gasteiger partial charge in [-0.25, -0.2) is 0 Å². The molecule has 0 aliphatic carbocycles. The Morgan fingerprint density at radius 3 is 2.89 bits per heavy atom. The van der Waals surface area contributed by atoms with Crippen molar-refractivity contribution in [3.8, 4) is 6.07 Å². The van der Waals surface area contributed by atoms with E-state index in [0.717, 1.165) is 17.7 Å². The van der Waals surface area contributed by atoms with Crippen molar-refractivity contribution in [1.29, 1.82) is 5.26 Å². The van der Waals surface area contributed by atoms with E-state index in [1.807, 2.05) is 24.3 Å². The summed E-state index contributed by atoms with van der Waals surface area (Å²) in [7, 11) is 0. The molecule has 0 saturated carbocycles. The van der Waals surface area contributed by atoms with Gasteiger partial charge in [0.2, 0.25) is 0 Å². The van der Waals surface area contributed by atoms with Crippen molar-refractivity contribution >= 4 is 28.7 Å². The predicted molar refractivity (Wildman–Crippen MR) is 77.8 cm³/mol. The number of Topliss-reactive ketones (excluding diaryl/α,β-unsaturated/α-hetero) is 1. The summed E-state index contributed by atoms with van der Waals surface area (Å²) in [4.78, 5) is 22.3. The molecule has 0 spiro atoms. The normalized spacial score (nSPS) is 10.3. The molecule has 0 atom stereocenters. The summed E-state index contributed by atoms with van der Waals surface area (Å²) in [5, 5.41) is 8.62. The highest BCUT2D eigenvalue weighted by molar-refractivity contribution is 8.13. The SMILES string of the molecule is CC(=O)SCCC=Cc1cccc(C(=O)CC#N)c1. The molecule has 19 heavy (non-hydrogen) atoms. The highest BCUT2D eigenvalue weighted by Gasteiger charge is 2.04. The lowest BCUT2D eigenvalue weighted by Crippen LogP contribution is -1.97. The number of hydrogen-bond acceptors (Lipinski definition) is 4. The Bertz CT molecular complexity index is 529. The van der Waals surface area contributed by atoms with Gasteiger partial charge in [0.15, 0.2) is 10.9 Å². The van der Waals surface area contributed by atoms with E-state index in [1.54, 1.807) is 25.1 Å². The quantitative estimate of drug-likeness (QED) is 0.588. The second kappa shape index (κ2) is 8.28. The maximum atomic E-state index is 11.6. The van der Waals surface area contributed by atoms with Crippen molar-refractivity contribution in [2.75, 3.05) is 5.75 Å². The van der Waals surface area contributed by atoms with Crippen LogP contribution in [0, 0.1) is 11.3 Å². The van der Waals surface area contributed by atoms with Gasteiger partial charge in [0.25, 0.3) is 0 Å². The van der Waals surface area contributed by atoms with E-state index >= 15 is 0 Å². The van der Waals surface area contributed by atoms with E-state index in [-0.39, 0.29) is 17.3 Å². The maximum absolute atomic E-state index is 11.6. The van der Waals surface area contributed by atoms with Crippen LogP contribution in [0.4, 0.5) is 0 Å². The summed E-state index contributed by atoms with van der Waals surface area (Å²) in [6, 6.07) is 9.04. The molecule has 0 saturated heterocycles. The summed E-state index contributed by atoms with van der Waals surface area (Å²) < 4.78 is 0. The minimum Gasteiger partial charge on any atom is -0.293 e. The molecule has 0 radical (unpaired) electrons. The molecule has 0 bridgehead atoms. The fraction of sp³-hybridized carbons (Fsp3) is 0.267. The van der Waals surface area contributed by atoms with Crippen LogP contribution in [0.25, 0.3) is 6.08 Å². The number of nitrogens with zero attached hydrogens (tertiary/aromatic N) is 1. The van der Waals surface area contributed by atoms with Crippen molar-refractivity contribution in [2.45, 2.75) is 19.8 Å². The van der Waals surface area contributed by atoms with E-state index in [9.17, 15) is 9.59 Å². The molecule has 98 valence electrons. The second-order valence-electron chi connectivity index (χ2n) is 3.91. The number of carbonyl (C=O) groups is 2. The van der Waals surface area contributed by atoms with Crippen LogP contribution in [0.2, 0.25) is 0 Å². The van der Waals surface area contributed by atoms with Crippen LogP contribution in [0.3, 0.4) is 0 Å². The van der Waals surface area contributed by atoms with Crippen LogP contribution in [-0.2, 0) is 4.79 Å². The number of benzene rings is 1. The molecule has 0 N–H and O–H groups in total. The van der Waals surface area contributed by atoms with Gasteiger partial charge in [0.05, 0.1) is 12.5 Å². The van der Waals surface area contributed by atoms with E-state index in [0.29, 0.717) is 5.56 Å². The smallest absolute Gasteiger partial charge is 0.185 e. The molecule has 3 nitrogen and oxygen atoms in total. The standard InChI is InChI=1S/C15H15NO2S/c1-12(17)19-10-3-2-5-13-6-4-7-14(11-13)15(18)8-9-16/h2,4-7,11H,3,8,10H2,1H3. The molecule has 0 amide bonds. The topological polar surface area (TPSA) is 57.9 Å². The monoisotopic (exact) mass is 273 g/mol. The zero-order chi connectivity index (χ0) is 14.1. The molecule has 1 aromatic carbocycles. The Kier molecular flexibility index (Phi) is 6.62. The minimum atomic E-state index is -0.162. The van der Waals surface area contributed by atoms with Crippen molar-refractivity contribution in [2.24, 2.45) is 0 Å². The highest BCUT2D eigenvalue weighted by atomic mass is 32.2. The zero-order valence-electron chi connectivity index (χ0n) is 10.8. The number of hydrogen-bond donors (Lipinski definition) is 0. The van der Waals surface area contributed by atoms with Crippen molar-refractivity contribution < 1.29 is 9.59 Å². The Labute approximate surface area is 117 Å². The van der Waals surface area contributed by atoms with Crippen molar-refractivity contribution in [1.82, 2.24) is 0 Å². The Morgan fingerprint density at radius 1 is 1.42 bits per heavy atom. The molecule has 4 heteroatoms. The average molecular weight is 273 g/mol. The zero-order valence-corrected chi connectivity index (χ0v) is 11.6.